The maximum atomic E-state index is 13.2. The van der Waals surface area contributed by atoms with Crippen LogP contribution < -0.4 is 10.2 Å². The van der Waals surface area contributed by atoms with Crippen LogP contribution in [0.25, 0.3) is 0 Å². The van der Waals surface area contributed by atoms with Gasteiger partial charge in [-0.25, -0.2) is 9.37 Å². The van der Waals surface area contributed by atoms with E-state index in [4.69, 9.17) is 17.0 Å². The zero-order chi connectivity index (χ0) is 17.1. The van der Waals surface area contributed by atoms with Crippen molar-refractivity contribution >= 4 is 28.9 Å². The molecule has 1 N–H and O–H groups in total. The third-order valence-electron chi connectivity index (χ3n) is 3.99. The van der Waals surface area contributed by atoms with E-state index in [1.165, 1.54) is 6.07 Å². The molecule has 0 aromatic carbocycles. The van der Waals surface area contributed by atoms with E-state index in [2.05, 4.69) is 15.5 Å². The van der Waals surface area contributed by atoms with E-state index < -0.39 is 5.82 Å². The molecular formula is C15H18FN5O2S. The number of hydrazone groups is 1. The minimum atomic E-state index is -0.443. The molecule has 3 rings (SSSR count). The van der Waals surface area contributed by atoms with Crippen LogP contribution in [-0.2, 0) is 4.79 Å². The molecule has 1 saturated heterocycles. The molecule has 0 saturated carbocycles. The largest absolute Gasteiger partial charge is 0.491 e. The number of fused-ring (bicyclic) bond motifs is 1. The van der Waals surface area contributed by atoms with Crippen LogP contribution in [0.3, 0.4) is 0 Å². The van der Waals surface area contributed by atoms with Gasteiger partial charge in [0.25, 0.3) is 0 Å². The van der Waals surface area contributed by atoms with E-state index in [9.17, 15) is 9.18 Å². The number of hydrogen-bond donors (Lipinski definition) is 1. The number of rotatable bonds is 1. The Bertz CT molecular complexity index is 688. The molecule has 128 valence electrons. The van der Waals surface area contributed by atoms with Crippen molar-refractivity contribution in [3.8, 4) is 5.75 Å². The molecule has 0 aliphatic carbocycles. The van der Waals surface area contributed by atoms with Crippen LogP contribution in [-0.4, -0.2) is 64.3 Å². The molecule has 9 heteroatoms. The van der Waals surface area contributed by atoms with Gasteiger partial charge in [-0.1, -0.05) is 0 Å². The number of ether oxygens (including phenoxy) is 1. The summed E-state index contributed by atoms with van der Waals surface area (Å²) in [4.78, 5) is 19.1. The Hall–Kier alpha value is -2.29. The van der Waals surface area contributed by atoms with E-state index >= 15 is 0 Å². The number of halogens is 1. The molecule has 1 fully saturated rings. The van der Waals surface area contributed by atoms with Crippen molar-refractivity contribution < 1.29 is 13.9 Å². The first-order chi connectivity index (χ1) is 11.5. The summed E-state index contributed by atoms with van der Waals surface area (Å²) in [5, 5.41) is 4.82. The number of nitrogens with zero attached hydrogens (tertiary/aromatic N) is 4. The van der Waals surface area contributed by atoms with Gasteiger partial charge in [0.1, 0.15) is 17.3 Å². The van der Waals surface area contributed by atoms with Crippen molar-refractivity contribution in [1.29, 1.82) is 0 Å². The lowest BCUT2D eigenvalue weighted by atomic mass is 10.1. The van der Waals surface area contributed by atoms with E-state index in [-0.39, 0.29) is 5.91 Å². The van der Waals surface area contributed by atoms with Crippen molar-refractivity contribution in [2.75, 3.05) is 32.8 Å². The summed E-state index contributed by atoms with van der Waals surface area (Å²) in [6, 6.07) is 1.30. The fourth-order valence-corrected chi connectivity index (χ4v) is 2.87. The van der Waals surface area contributed by atoms with Crippen LogP contribution >= 0.6 is 12.2 Å². The van der Waals surface area contributed by atoms with Crippen molar-refractivity contribution in [3.63, 3.8) is 0 Å². The van der Waals surface area contributed by atoms with Crippen LogP contribution in [0.2, 0.25) is 0 Å². The lowest BCUT2D eigenvalue weighted by Gasteiger charge is -2.35. The number of piperazine rings is 1. The monoisotopic (exact) mass is 351 g/mol. The van der Waals surface area contributed by atoms with Crippen LogP contribution in [0.15, 0.2) is 17.4 Å². The highest BCUT2D eigenvalue weighted by molar-refractivity contribution is 7.80. The summed E-state index contributed by atoms with van der Waals surface area (Å²) >= 11 is 5.36. The first-order valence-corrected chi connectivity index (χ1v) is 8.11. The first-order valence-electron chi connectivity index (χ1n) is 7.70. The molecule has 0 radical (unpaired) electrons. The highest BCUT2D eigenvalue weighted by Crippen LogP contribution is 2.23. The summed E-state index contributed by atoms with van der Waals surface area (Å²) < 4.78 is 18.6. The molecule has 2 aliphatic rings. The number of amides is 1. The van der Waals surface area contributed by atoms with E-state index in [1.807, 2.05) is 4.90 Å². The number of pyridine rings is 1. The molecule has 7 nitrogen and oxygen atoms in total. The highest BCUT2D eigenvalue weighted by Gasteiger charge is 2.22. The Balaban J connectivity index is 1.63. The normalized spacial score (nSPS) is 18.8. The lowest BCUT2D eigenvalue weighted by Crippen LogP contribution is -2.52. The lowest BCUT2D eigenvalue weighted by molar-refractivity contribution is -0.130. The van der Waals surface area contributed by atoms with Gasteiger partial charge in [-0.2, -0.15) is 5.10 Å². The molecule has 0 spiro atoms. The molecule has 0 bridgehead atoms. The van der Waals surface area contributed by atoms with E-state index in [0.717, 1.165) is 6.20 Å². The van der Waals surface area contributed by atoms with Crippen molar-refractivity contribution in [2.24, 2.45) is 5.10 Å². The number of nitrogens with one attached hydrogen (secondary N) is 1. The molecule has 1 aromatic rings. The molecule has 0 unspecified atom stereocenters. The Labute approximate surface area is 144 Å². The molecule has 3 heterocycles. The molecular weight excluding hydrogens is 333 g/mol. The fraction of sp³-hybridized carbons (Fsp3) is 0.467. The average molecular weight is 351 g/mol. The van der Waals surface area contributed by atoms with Gasteiger partial charge in [0.05, 0.1) is 18.5 Å². The van der Waals surface area contributed by atoms with Gasteiger partial charge in [-0.3, -0.25) is 10.2 Å². The van der Waals surface area contributed by atoms with Crippen molar-refractivity contribution in [2.45, 2.75) is 13.3 Å². The van der Waals surface area contributed by atoms with Crippen LogP contribution in [0.1, 0.15) is 19.0 Å². The first kappa shape index (κ1) is 16.6. The summed E-state index contributed by atoms with van der Waals surface area (Å²) in [6.07, 6.45) is 1.71. The van der Waals surface area contributed by atoms with Gasteiger partial charge in [-0.05, 0) is 12.2 Å². The van der Waals surface area contributed by atoms with E-state index in [1.54, 1.807) is 11.8 Å². The van der Waals surface area contributed by atoms with Crippen LogP contribution in [0, 0.1) is 5.82 Å². The van der Waals surface area contributed by atoms with E-state index in [0.29, 0.717) is 61.5 Å². The van der Waals surface area contributed by atoms with Gasteiger partial charge >= 0.3 is 0 Å². The molecule has 1 aromatic heterocycles. The SMILES string of the molecule is CC(=O)N1CCN(C(=S)N/N=C2/CCOc3cc(F)cnc32)CC1. The number of carbonyl (C=O) groups excluding carboxylic acids is 1. The predicted molar refractivity (Wildman–Crippen MR) is 90.4 cm³/mol. The average Bonchev–Trinajstić information content (AvgIpc) is 2.59. The number of carbonyl (C=O) groups is 1. The standard InChI is InChI=1S/C15H18FN5O2S/c1-10(22)20-3-5-21(6-4-20)15(24)19-18-12-2-7-23-13-8-11(16)9-17-14(12)13/h8-9H,2-7H2,1H3,(H,19,24)/b18-12-. The summed E-state index contributed by atoms with van der Waals surface area (Å²) in [7, 11) is 0. The molecule has 2 aliphatic heterocycles. The van der Waals surface area contributed by atoms with Gasteiger partial charge in [0.2, 0.25) is 5.91 Å². The van der Waals surface area contributed by atoms with Gasteiger partial charge in [0, 0.05) is 45.6 Å². The Morgan fingerprint density at radius 2 is 2.08 bits per heavy atom. The summed E-state index contributed by atoms with van der Waals surface area (Å²) in [5.74, 6) is 0.0236. The third kappa shape index (κ3) is 3.61. The Morgan fingerprint density at radius 3 is 2.79 bits per heavy atom. The molecule has 24 heavy (non-hydrogen) atoms. The predicted octanol–water partition coefficient (Wildman–Crippen LogP) is 0.746. The highest BCUT2D eigenvalue weighted by atomic mass is 32.1. The fourth-order valence-electron chi connectivity index (χ4n) is 2.64. The van der Waals surface area contributed by atoms with Crippen LogP contribution in [0.4, 0.5) is 4.39 Å². The maximum absolute atomic E-state index is 13.2. The van der Waals surface area contributed by atoms with Gasteiger partial charge in [0.15, 0.2) is 5.11 Å². The van der Waals surface area contributed by atoms with Gasteiger partial charge < -0.3 is 14.5 Å². The number of thiocarbonyl (C=S) groups is 1. The summed E-state index contributed by atoms with van der Waals surface area (Å²) in [5.41, 5.74) is 4.08. The Morgan fingerprint density at radius 1 is 1.38 bits per heavy atom. The second-order valence-electron chi connectivity index (χ2n) is 5.57. The van der Waals surface area contributed by atoms with Crippen molar-refractivity contribution in [1.82, 2.24) is 20.2 Å². The second kappa shape index (κ2) is 7.08. The zero-order valence-electron chi connectivity index (χ0n) is 13.3. The third-order valence-corrected chi connectivity index (χ3v) is 4.34. The maximum Gasteiger partial charge on any atom is 0.219 e. The Kier molecular flexibility index (Phi) is 4.89. The smallest absolute Gasteiger partial charge is 0.219 e. The summed E-state index contributed by atoms with van der Waals surface area (Å²) in [6.45, 7) is 4.61. The van der Waals surface area contributed by atoms with Crippen LogP contribution in [0.5, 0.6) is 5.75 Å². The minimum absolute atomic E-state index is 0.0749. The molecule has 1 amide bonds. The zero-order valence-corrected chi connectivity index (χ0v) is 14.1. The quantitative estimate of drug-likeness (QED) is 0.595. The minimum Gasteiger partial charge on any atom is -0.491 e. The number of hydrogen-bond acceptors (Lipinski definition) is 5. The molecule has 0 atom stereocenters. The number of aromatic nitrogens is 1. The topological polar surface area (TPSA) is 70.1 Å². The second-order valence-corrected chi connectivity index (χ2v) is 5.95. The van der Waals surface area contributed by atoms with Gasteiger partial charge in [-0.15, -0.1) is 0 Å². The van der Waals surface area contributed by atoms with Crippen molar-refractivity contribution in [3.05, 3.63) is 23.8 Å².